The van der Waals surface area contributed by atoms with Crippen LogP contribution in [0.2, 0.25) is 0 Å². The van der Waals surface area contributed by atoms with Crippen molar-refractivity contribution in [3.63, 3.8) is 0 Å². The molecule has 1 amide bonds. The van der Waals surface area contributed by atoms with Crippen LogP contribution < -0.4 is 10.6 Å². The second kappa shape index (κ2) is 5.66. The molecule has 0 aromatic carbocycles. The summed E-state index contributed by atoms with van der Waals surface area (Å²) in [6.07, 6.45) is 0.949. The van der Waals surface area contributed by atoms with Crippen molar-refractivity contribution in [2.45, 2.75) is 27.2 Å². The summed E-state index contributed by atoms with van der Waals surface area (Å²) in [6.45, 7) is 7.13. The number of carbonyl (C=O) groups excluding carboxylic acids is 1. The van der Waals surface area contributed by atoms with Crippen molar-refractivity contribution >= 4 is 11.7 Å². The predicted molar refractivity (Wildman–Crippen MR) is 70.2 cm³/mol. The maximum Gasteiger partial charge on any atom is 0.269 e. The van der Waals surface area contributed by atoms with Crippen LogP contribution in [0.25, 0.3) is 0 Å². The van der Waals surface area contributed by atoms with Crippen molar-refractivity contribution in [1.82, 2.24) is 10.3 Å². The standard InChI is InChI=1S/C13H21N3O/c1-13(2,3)8-9-15-12(17)10-6-5-7-11(14-4)16-10/h5-7H,8-9H2,1-4H3,(H,14,16)(H,15,17). The predicted octanol–water partition coefficient (Wildman–Crippen LogP) is 2.29. The normalized spacial score (nSPS) is 11.1. The number of aromatic nitrogens is 1. The van der Waals surface area contributed by atoms with Gasteiger partial charge in [0.1, 0.15) is 11.5 Å². The molecule has 0 aliphatic carbocycles. The first-order valence-electron chi connectivity index (χ1n) is 5.85. The quantitative estimate of drug-likeness (QED) is 0.842. The number of nitrogens with zero attached hydrogens (tertiary/aromatic N) is 1. The van der Waals surface area contributed by atoms with E-state index in [0.717, 1.165) is 6.42 Å². The zero-order valence-electron chi connectivity index (χ0n) is 11.0. The molecular weight excluding hydrogens is 214 g/mol. The smallest absolute Gasteiger partial charge is 0.269 e. The van der Waals surface area contributed by atoms with Crippen LogP contribution >= 0.6 is 0 Å². The van der Waals surface area contributed by atoms with E-state index < -0.39 is 0 Å². The fourth-order valence-corrected chi connectivity index (χ4v) is 1.34. The first kappa shape index (κ1) is 13.5. The van der Waals surface area contributed by atoms with Crippen molar-refractivity contribution < 1.29 is 4.79 Å². The van der Waals surface area contributed by atoms with Gasteiger partial charge < -0.3 is 10.6 Å². The first-order valence-corrected chi connectivity index (χ1v) is 5.85. The van der Waals surface area contributed by atoms with Crippen molar-refractivity contribution in [1.29, 1.82) is 0 Å². The third-order valence-corrected chi connectivity index (χ3v) is 2.40. The minimum absolute atomic E-state index is 0.119. The Morgan fingerprint density at radius 1 is 1.35 bits per heavy atom. The lowest BCUT2D eigenvalue weighted by molar-refractivity contribution is 0.0944. The van der Waals surface area contributed by atoms with Crippen molar-refractivity contribution in [3.8, 4) is 0 Å². The molecule has 1 aromatic rings. The second-order valence-corrected chi connectivity index (χ2v) is 5.22. The fourth-order valence-electron chi connectivity index (χ4n) is 1.34. The van der Waals surface area contributed by atoms with Gasteiger partial charge in [0.05, 0.1) is 0 Å². The highest BCUT2D eigenvalue weighted by Gasteiger charge is 2.12. The number of pyridine rings is 1. The molecule has 4 heteroatoms. The van der Waals surface area contributed by atoms with Crippen molar-refractivity contribution in [2.75, 3.05) is 18.9 Å². The van der Waals surface area contributed by atoms with Gasteiger partial charge in [-0.1, -0.05) is 26.8 Å². The van der Waals surface area contributed by atoms with Crippen LogP contribution in [0.1, 0.15) is 37.7 Å². The lowest BCUT2D eigenvalue weighted by atomic mass is 9.92. The van der Waals surface area contributed by atoms with Crippen molar-refractivity contribution in [2.24, 2.45) is 5.41 Å². The van der Waals surface area contributed by atoms with Gasteiger partial charge in [0.15, 0.2) is 0 Å². The summed E-state index contributed by atoms with van der Waals surface area (Å²) < 4.78 is 0. The molecule has 0 atom stereocenters. The third kappa shape index (κ3) is 4.85. The molecule has 0 fully saturated rings. The molecule has 2 N–H and O–H groups in total. The highest BCUT2D eigenvalue weighted by atomic mass is 16.1. The van der Waals surface area contributed by atoms with Gasteiger partial charge in [0.25, 0.3) is 5.91 Å². The Morgan fingerprint density at radius 3 is 2.65 bits per heavy atom. The lowest BCUT2D eigenvalue weighted by Crippen LogP contribution is -2.28. The molecule has 0 bridgehead atoms. The summed E-state index contributed by atoms with van der Waals surface area (Å²) in [5, 5.41) is 5.79. The van der Waals surface area contributed by atoms with Gasteiger partial charge >= 0.3 is 0 Å². The second-order valence-electron chi connectivity index (χ2n) is 5.22. The first-order chi connectivity index (χ1) is 7.92. The molecule has 0 radical (unpaired) electrons. The van der Waals surface area contributed by atoms with Gasteiger partial charge in [-0.3, -0.25) is 4.79 Å². The molecule has 0 unspecified atom stereocenters. The van der Waals surface area contributed by atoms with Crippen LogP contribution in [0.3, 0.4) is 0 Å². The van der Waals surface area contributed by atoms with Gasteiger partial charge in [-0.05, 0) is 24.0 Å². The van der Waals surface area contributed by atoms with Crippen LogP contribution in [-0.4, -0.2) is 24.5 Å². The molecule has 1 heterocycles. The number of anilines is 1. The van der Waals surface area contributed by atoms with Gasteiger partial charge in [-0.2, -0.15) is 0 Å². The molecular formula is C13H21N3O. The fraction of sp³-hybridized carbons (Fsp3) is 0.538. The molecule has 17 heavy (non-hydrogen) atoms. The average Bonchev–Trinajstić information content (AvgIpc) is 2.27. The van der Waals surface area contributed by atoms with Crippen LogP contribution in [0, 0.1) is 5.41 Å². The summed E-state index contributed by atoms with van der Waals surface area (Å²) in [7, 11) is 1.78. The van der Waals surface area contributed by atoms with Gasteiger partial charge in [0, 0.05) is 13.6 Å². The summed E-state index contributed by atoms with van der Waals surface area (Å²) in [6, 6.07) is 5.36. The largest absolute Gasteiger partial charge is 0.373 e. The Bertz CT molecular complexity index is 382. The van der Waals surface area contributed by atoms with Crippen LogP contribution in [0.4, 0.5) is 5.82 Å². The molecule has 0 saturated carbocycles. The Labute approximate surface area is 103 Å². The zero-order valence-corrected chi connectivity index (χ0v) is 11.0. The number of rotatable bonds is 4. The summed E-state index contributed by atoms with van der Waals surface area (Å²) in [5.41, 5.74) is 0.679. The SMILES string of the molecule is CNc1cccc(C(=O)NCCC(C)(C)C)n1. The van der Waals surface area contributed by atoms with E-state index in [-0.39, 0.29) is 11.3 Å². The van der Waals surface area contributed by atoms with Crippen molar-refractivity contribution in [3.05, 3.63) is 23.9 Å². The Balaban J connectivity index is 2.52. The van der Waals surface area contributed by atoms with E-state index >= 15 is 0 Å². The van der Waals surface area contributed by atoms with Gasteiger partial charge in [0.2, 0.25) is 0 Å². The average molecular weight is 235 g/mol. The summed E-state index contributed by atoms with van der Waals surface area (Å²) in [5.74, 6) is 0.583. The van der Waals surface area contributed by atoms with Crippen LogP contribution in [0.5, 0.6) is 0 Å². The molecule has 0 spiro atoms. The number of amides is 1. The highest BCUT2D eigenvalue weighted by molar-refractivity contribution is 5.92. The number of hydrogen-bond acceptors (Lipinski definition) is 3. The highest BCUT2D eigenvalue weighted by Crippen LogP contribution is 2.17. The molecule has 4 nitrogen and oxygen atoms in total. The summed E-state index contributed by atoms with van der Waals surface area (Å²) >= 11 is 0. The summed E-state index contributed by atoms with van der Waals surface area (Å²) in [4.78, 5) is 16.0. The number of hydrogen-bond donors (Lipinski definition) is 2. The maximum atomic E-state index is 11.8. The molecule has 0 saturated heterocycles. The van der Waals surface area contributed by atoms with E-state index in [4.69, 9.17) is 0 Å². The van der Waals surface area contributed by atoms with Gasteiger partial charge in [-0.15, -0.1) is 0 Å². The molecule has 1 rings (SSSR count). The topological polar surface area (TPSA) is 54.0 Å². The minimum atomic E-state index is -0.119. The Morgan fingerprint density at radius 2 is 2.06 bits per heavy atom. The minimum Gasteiger partial charge on any atom is -0.373 e. The third-order valence-electron chi connectivity index (χ3n) is 2.40. The van der Waals surface area contributed by atoms with E-state index in [2.05, 4.69) is 36.4 Å². The van der Waals surface area contributed by atoms with E-state index in [1.54, 1.807) is 13.1 Å². The van der Waals surface area contributed by atoms with E-state index in [1.807, 2.05) is 12.1 Å². The van der Waals surface area contributed by atoms with Crippen LogP contribution in [0.15, 0.2) is 18.2 Å². The van der Waals surface area contributed by atoms with E-state index in [9.17, 15) is 4.79 Å². The molecule has 1 aromatic heterocycles. The molecule has 0 aliphatic heterocycles. The van der Waals surface area contributed by atoms with E-state index in [0.29, 0.717) is 18.1 Å². The Hall–Kier alpha value is -1.58. The molecule has 0 aliphatic rings. The Kier molecular flexibility index (Phi) is 4.49. The van der Waals surface area contributed by atoms with Crippen LogP contribution in [-0.2, 0) is 0 Å². The zero-order chi connectivity index (χ0) is 12.9. The lowest BCUT2D eigenvalue weighted by Gasteiger charge is -2.17. The number of nitrogens with one attached hydrogen (secondary N) is 2. The molecule has 94 valence electrons. The van der Waals surface area contributed by atoms with E-state index in [1.165, 1.54) is 0 Å². The monoisotopic (exact) mass is 235 g/mol. The van der Waals surface area contributed by atoms with Gasteiger partial charge in [-0.25, -0.2) is 4.98 Å². The maximum absolute atomic E-state index is 11.8. The number of carbonyl (C=O) groups is 1.